The summed E-state index contributed by atoms with van der Waals surface area (Å²) >= 11 is 0. The van der Waals surface area contributed by atoms with Gasteiger partial charge in [-0.1, -0.05) is 12.1 Å². The predicted octanol–water partition coefficient (Wildman–Crippen LogP) is 2.32. The van der Waals surface area contributed by atoms with E-state index in [1.165, 1.54) is 12.1 Å². The number of fused-ring (bicyclic) bond motifs is 1. The minimum Gasteiger partial charge on any atom is -0.387 e. The van der Waals surface area contributed by atoms with Crippen molar-refractivity contribution in [3.05, 3.63) is 59.8 Å². The molecule has 0 spiro atoms. The Morgan fingerprint density at radius 1 is 1.33 bits per heavy atom. The van der Waals surface area contributed by atoms with Crippen LogP contribution in [0.1, 0.15) is 17.4 Å². The van der Waals surface area contributed by atoms with Crippen molar-refractivity contribution in [3.63, 3.8) is 0 Å². The molecule has 2 N–H and O–H groups in total. The van der Waals surface area contributed by atoms with Gasteiger partial charge >= 0.3 is 0 Å². The fourth-order valence-corrected chi connectivity index (χ4v) is 2.18. The maximum absolute atomic E-state index is 12.9. The number of nitrogens with zero attached hydrogens (tertiary/aromatic N) is 3. The Labute approximate surface area is 121 Å². The van der Waals surface area contributed by atoms with E-state index in [1.807, 2.05) is 13.0 Å². The van der Waals surface area contributed by atoms with Gasteiger partial charge in [0.15, 0.2) is 5.82 Å². The van der Waals surface area contributed by atoms with Crippen LogP contribution in [0.5, 0.6) is 0 Å². The van der Waals surface area contributed by atoms with Gasteiger partial charge in [-0.25, -0.2) is 13.9 Å². The first-order valence-corrected chi connectivity index (χ1v) is 6.62. The van der Waals surface area contributed by atoms with Crippen molar-refractivity contribution in [3.8, 4) is 0 Å². The Kier molecular flexibility index (Phi) is 3.53. The molecule has 0 saturated heterocycles. The molecule has 6 heteroatoms. The number of rotatable bonds is 4. The van der Waals surface area contributed by atoms with Crippen LogP contribution < -0.4 is 5.32 Å². The number of hydrogen-bond acceptors (Lipinski definition) is 4. The van der Waals surface area contributed by atoms with Crippen molar-refractivity contribution in [2.24, 2.45) is 0 Å². The van der Waals surface area contributed by atoms with Gasteiger partial charge in [0.25, 0.3) is 0 Å². The zero-order valence-electron chi connectivity index (χ0n) is 11.5. The van der Waals surface area contributed by atoms with Crippen molar-refractivity contribution in [2.45, 2.75) is 13.0 Å². The third-order valence-electron chi connectivity index (χ3n) is 3.23. The Morgan fingerprint density at radius 2 is 2.10 bits per heavy atom. The number of aliphatic hydroxyl groups is 1. The summed E-state index contributed by atoms with van der Waals surface area (Å²) in [5.74, 6) is 0.333. The summed E-state index contributed by atoms with van der Waals surface area (Å²) in [7, 11) is 0. The summed E-state index contributed by atoms with van der Waals surface area (Å²) in [4.78, 5) is 4.26. The first-order valence-electron chi connectivity index (χ1n) is 6.62. The molecule has 0 aliphatic rings. The van der Waals surface area contributed by atoms with E-state index in [1.54, 1.807) is 29.0 Å². The molecule has 2 heterocycles. The Morgan fingerprint density at radius 3 is 2.86 bits per heavy atom. The van der Waals surface area contributed by atoms with Gasteiger partial charge in [-0.15, -0.1) is 0 Å². The SMILES string of the molecule is Cc1cc2c(NCC(O)c3ccc(F)cc3)nccn2n1. The van der Waals surface area contributed by atoms with Crippen LogP contribution in [0.2, 0.25) is 0 Å². The number of halogens is 1. The van der Waals surface area contributed by atoms with E-state index < -0.39 is 6.10 Å². The summed E-state index contributed by atoms with van der Waals surface area (Å²) in [6.45, 7) is 2.19. The first-order chi connectivity index (χ1) is 10.1. The number of nitrogens with one attached hydrogen (secondary N) is 1. The molecule has 1 aromatic carbocycles. The average Bonchev–Trinajstić information content (AvgIpc) is 2.86. The molecule has 1 unspecified atom stereocenters. The number of hydrogen-bond donors (Lipinski definition) is 2. The third-order valence-corrected chi connectivity index (χ3v) is 3.23. The molecule has 3 rings (SSSR count). The summed E-state index contributed by atoms with van der Waals surface area (Å²) < 4.78 is 14.6. The molecule has 0 aliphatic heterocycles. The molecular weight excluding hydrogens is 271 g/mol. The highest BCUT2D eigenvalue weighted by atomic mass is 19.1. The van der Waals surface area contributed by atoms with Crippen molar-refractivity contribution >= 4 is 11.3 Å². The second-order valence-electron chi connectivity index (χ2n) is 4.84. The predicted molar refractivity (Wildman–Crippen MR) is 77.6 cm³/mol. The Hall–Kier alpha value is -2.47. The largest absolute Gasteiger partial charge is 0.387 e. The standard InChI is InChI=1S/C15H15FN4O/c1-10-8-13-15(17-6-7-20(13)19-10)18-9-14(21)11-2-4-12(16)5-3-11/h2-8,14,21H,9H2,1H3,(H,17,18). The van der Waals surface area contributed by atoms with E-state index in [9.17, 15) is 9.50 Å². The van der Waals surface area contributed by atoms with Gasteiger partial charge in [0.2, 0.25) is 0 Å². The van der Waals surface area contributed by atoms with Crippen molar-refractivity contribution in [1.82, 2.24) is 14.6 Å². The number of aromatic nitrogens is 3. The van der Waals surface area contributed by atoms with E-state index in [4.69, 9.17) is 0 Å². The van der Waals surface area contributed by atoms with E-state index in [-0.39, 0.29) is 12.4 Å². The molecule has 0 bridgehead atoms. The van der Waals surface area contributed by atoms with Crippen molar-refractivity contribution in [2.75, 3.05) is 11.9 Å². The van der Waals surface area contributed by atoms with Crippen LogP contribution in [-0.4, -0.2) is 26.2 Å². The van der Waals surface area contributed by atoms with Crippen LogP contribution in [0.15, 0.2) is 42.7 Å². The second kappa shape index (κ2) is 5.49. The molecular formula is C15H15FN4O. The maximum Gasteiger partial charge on any atom is 0.152 e. The zero-order valence-corrected chi connectivity index (χ0v) is 11.5. The van der Waals surface area contributed by atoms with E-state index in [0.29, 0.717) is 11.4 Å². The van der Waals surface area contributed by atoms with Gasteiger partial charge in [-0.3, -0.25) is 0 Å². The number of aliphatic hydroxyl groups excluding tert-OH is 1. The Balaban J connectivity index is 1.75. The molecule has 5 nitrogen and oxygen atoms in total. The Bertz CT molecular complexity index is 754. The van der Waals surface area contributed by atoms with Gasteiger partial charge in [-0.05, 0) is 30.7 Å². The lowest BCUT2D eigenvalue weighted by atomic mass is 10.1. The van der Waals surface area contributed by atoms with Crippen LogP contribution in [0.3, 0.4) is 0 Å². The number of anilines is 1. The number of benzene rings is 1. The fraction of sp³-hybridized carbons (Fsp3) is 0.200. The van der Waals surface area contributed by atoms with Gasteiger partial charge < -0.3 is 10.4 Å². The van der Waals surface area contributed by atoms with Gasteiger partial charge in [0.1, 0.15) is 11.3 Å². The highest BCUT2D eigenvalue weighted by Gasteiger charge is 2.10. The molecule has 108 valence electrons. The molecule has 0 aliphatic carbocycles. The third kappa shape index (κ3) is 2.85. The van der Waals surface area contributed by atoms with Gasteiger partial charge in [0.05, 0.1) is 11.8 Å². The fourth-order valence-electron chi connectivity index (χ4n) is 2.18. The minimum atomic E-state index is -0.739. The quantitative estimate of drug-likeness (QED) is 0.772. The highest BCUT2D eigenvalue weighted by Crippen LogP contribution is 2.18. The molecule has 3 aromatic rings. The van der Waals surface area contributed by atoms with E-state index in [0.717, 1.165) is 11.2 Å². The summed E-state index contributed by atoms with van der Waals surface area (Å²) in [5.41, 5.74) is 2.40. The van der Waals surface area contributed by atoms with Gasteiger partial charge in [0, 0.05) is 18.9 Å². The maximum atomic E-state index is 12.9. The molecule has 0 fully saturated rings. The lowest BCUT2D eigenvalue weighted by Gasteiger charge is -2.13. The van der Waals surface area contributed by atoms with Gasteiger partial charge in [-0.2, -0.15) is 5.10 Å². The second-order valence-corrected chi connectivity index (χ2v) is 4.84. The highest BCUT2D eigenvalue weighted by molar-refractivity contribution is 5.67. The van der Waals surface area contributed by atoms with Crippen LogP contribution in [0.4, 0.5) is 10.2 Å². The lowest BCUT2D eigenvalue weighted by molar-refractivity contribution is 0.191. The lowest BCUT2D eigenvalue weighted by Crippen LogP contribution is -2.13. The molecule has 0 saturated carbocycles. The topological polar surface area (TPSA) is 62.5 Å². The van der Waals surface area contributed by atoms with E-state index in [2.05, 4.69) is 15.4 Å². The van der Waals surface area contributed by atoms with Crippen LogP contribution in [-0.2, 0) is 0 Å². The molecule has 21 heavy (non-hydrogen) atoms. The average molecular weight is 286 g/mol. The molecule has 0 amide bonds. The summed E-state index contributed by atoms with van der Waals surface area (Å²) in [6, 6.07) is 7.71. The first kappa shape index (κ1) is 13.5. The molecule has 1 atom stereocenters. The van der Waals surface area contributed by atoms with Crippen molar-refractivity contribution in [1.29, 1.82) is 0 Å². The molecule has 0 radical (unpaired) electrons. The smallest absolute Gasteiger partial charge is 0.152 e. The van der Waals surface area contributed by atoms with Crippen molar-refractivity contribution < 1.29 is 9.50 Å². The van der Waals surface area contributed by atoms with Crippen LogP contribution >= 0.6 is 0 Å². The van der Waals surface area contributed by atoms with Crippen LogP contribution in [0.25, 0.3) is 5.52 Å². The number of aryl methyl sites for hydroxylation is 1. The summed E-state index contributed by atoms with van der Waals surface area (Å²) in [6.07, 6.45) is 2.67. The van der Waals surface area contributed by atoms with Crippen LogP contribution in [0, 0.1) is 12.7 Å². The normalized spacial score (nSPS) is 12.5. The minimum absolute atomic E-state index is 0.280. The summed E-state index contributed by atoms with van der Waals surface area (Å²) in [5, 5.41) is 17.5. The zero-order chi connectivity index (χ0) is 14.8. The van der Waals surface area contributed by atoms with E-state index >= 15 is 0 Å². The molecule has 2 aromatic heterocycles. The monoisotopic (exact) mass is 286 g/mol.